The highest BCUT2D eigenvalue weighted by Crippen LogP contribution is 2.51. The Kier molecular flexibility index (Phi) is 6.09. The molecule has 2 aromatic carbocycles. The number of hydrogen-bond acceptors (Lipinski definition) is 4. The predicted octanol–water partition coefficient (Wildman–Crippen LogP) is 5.41. The van der Waals surface area contributed by atoms with Crippen LogP contribution in [0.15, 0.2) is 48.5 Å². The summed E-state index contributed by atoms with van der Waals surface area (Å²) in [5, 5.41) is 13.1. The SMILES string of the molecule is N#Cc1ccc(O[C@H]2C[C@@H](N3CCC(C4(C5CCCC5)NCCc5ccccc54)CC3)C2)cc1. The maximum absolute atomic E-state index is 8.97. The van der Waals surface area contributed by atoms with E-state index in [4.69, 9.17) is 10.00 Å². The Morgan fingerprint density at radius 2 is 1.62 bits per heavy atom. The predicted molar refractivity (Wildman–Crippen MR) is 135 cm³/mol. The lowest BCUT2D eigenvalue weighted by Gasteiger charge is -2.53. The Bertz CT molecular complexity index is 1020. The van der Waals surface area contributed by atoms with Crippen LogP contribution in [0.25, 0.3) is 0 Å². The molecule has 0 bridgehead atoms. The van der Waals surface area contributed by atoms with E-state index < -0.39 is 0 Å². The third kappa shape index (κ3) is 3.93. The van der Waals surface area contributed by atoms with Crippen LogP contribution >= 0.6 is 0 Å². The first-order chi connectivity index (χ1) is 16.8. The lowest BCUT2D eigenvalue weighted by molar-refractivity contribution is -0.0170. The summed E-state index contributed by atoms with van der Waals surface area (Å²) < 4.78 is 6.16. The highest BCUT2D eigenvalue weighted by molar-refractivity contribution is 5.38. The van der Waals surface area contributed by atoms with Crippen molar-refractivity contribution >= 4 is 0 Å². The normalized spacial score (nSPS) is 30.3. The van der Waals surface area contributed by atoms with Crippen LogP contribution in [0, 0.1) is 23.2 Å². The van der Waals surface area contributed by atoms with Crippen molar-refractivity contribution in [3.63, 3.8) is 0 Å². The van der Waals surface area contributed by atoms with E-state index in [1.807, 2.05) is 24.3 Å². The smallest absolute Gasteiger partial charge is 0.119 e. The van der Waals surface area contributed by atoms with Crippen molar-refractivity contribution in [2.24, 2.45) is 11.8 Å². The molecule has 0 spiro atoms. The second-order valence-corrected chi connectivity index (χ2v) is 11.0. The Hall–Kier alpha value is -2.35. The van der Waals surface area contributed by atoms with Crippen LogP contribution in [0.2, 0.25) is 0 Å². The highest BCUT2D eigenvalue weighted by atomic mass is 16.5. The lowest BCUT2D eigenvalue weighted by atomic mass is 9.63. The molecule has 0 aromatic heterocycles. The lowest BCUT2D eigenvalue weighted by Crippen LogP contribution is -2.60. The molecule has 1 unspecified atom stereocenters. The Morgan fingerprint density at radius 3 is 2.35 bits per heavy atom. The van der Waals surface area contributed by atoms with Crippen molar-refractivity contribution in [3.8, 4) is 11.8 Å². The number of nitrogens with zero attached hydrogens (tertiary/aromatic N) is 2. The molecule has 1 N–H and O–H groups in total. The van der Waals surface area contributed by atoms with Crippen LogP contribution in [0.1, 0.15) is 68.1 Å². The molecule has 2 saturated carbocycles. The second-order valence-electron chi connectivity index (χ2n) is 11.0. The summed E-state index contributed by atoms with van der Waals surface area (Å²) in [7, 11) is 0. The van der Waals surface area contributed by atoms with Crippen LogP contribution in [-0.4, -0.2) is 36.7 Å². The minimum Gasteiger partial charge on any atom is -0.490 e. The summed E-state index contributed by atoms with van der Waals surface area (Å²) in [5.41, 5.74) is 4.11. The molecule has 0 amide bonds. The van der Waals surface area contributed by atoms with Gasteiger partial charge < -0.3 is 15.0 Å². The summed E-state index contributed by atoms with van der Waals surface area (Å²) in [6.45, 7) is 3.57. The van der Waals surface area contributed by atoms with Gasteiger partial charge in [-0.05, 0) is 92.4 Å². The minimum atomic E-state index is 0.193. The molecule has 1 saturated heterocycles. The third-order valence-corrected chi connectivity index (χ3v) is 9.32. The average molecular weight is 456 g/mol. The summed E-state index contributed by atoms with van der Waals surface area (Å²) in [5.74, 6) is 2.42. The summed E-state index contributed by atoms with van der Waals surface area (Å²) in [6.07, 6.45) is 11.9. The fourth-order valence-electron chi connectivity index (χ4n) is 7.54. The number of benzene rings is 2. The first-order valence-corrected chi connectivity index (χ1v) is 13.5. The molecule has 34 heavy (non-hydrogen) atoms. The van der Waals surface area contributed by atoms with Crippen molar-refractivity contribution in [3.05, 3.63) is 65.2 Å². The fraction of sp³-hybridized carbons (Fsp3) is 0.567. The van der Waals surface area contributed by atoms with E-state index in [1.54, 1.807) is 11.1 Å². The average Bonchev–Trinajstić information content (AvgIpc) is 3.42. The zero-order valence-corrected chi connectivity index (χ0v) is 20.2. The van der Waals surface area contributed by atoms with Crippen LogP contribution in [-0.2, 0) is 12.0 Å². The number of hydrogen-bond donors (Lipinski definition) is 1. The zero-order chi connectivity index (χ0) is 23.0. The van der Waals surface area contributed by atoms with Gasteiger partial charge in [-0.25, -0.2) is 0 Å². The Balaban J connectivity index is 1.09. The molecule has 3 fully saturated rings. The van der Waals surface area contributed by atoms with Crippen molar-refractivity contribution in [1.29, 1.82) is 5.26 Å². The molecule has 1 atom stereocenters. The van der Waals surface area contributed by atoms with E-state index in [0.29, 0.717) is 17.7 Å². The number of piperidine rings is 1. The number of nitrogens with one attached hydrogen (secondary N) is 1. The topological polar surface area (TPSA) is 48.3 Å². The third-order valence-electron chi connectivity index (χ3n) is 9.32. The summed E-state index contributed by atoms with van der Waals surface area (Å²) in [4.78, 5) is 2.74. The van der Waals surface area contributed by atoms with Gasteiger partial charge in [0, 0.05) is 31.0 Å². The van der Waals surface area contributed by atoms with Crippen LogP contribution in [0.4, 0.5) is 0 Å². The minimum absolute atomic E-state index is 0.193. The van der Waals surface area contributed by atoms with Gasteiger partial charge in [0.1, 0.15) is 11.9 Å². The molecule has 2 aromatic rings. The van der Waals surface area contributed by atoms with Gasteiger partial charge in [0.2, 0.25) is 0 Å². The monoisotopic (exact) mass is 455 g/mol. The molecule has 4 nitrogen and oxygen atoms in total. The zero-order valence-electron chi connectivity index (χ0n) is 20.2. The summed E-state index contributed by atoms with van der Waals surface area (Å²) in [6, 6.07) is 19.7. The fourth-order valence-corrected chi connectivity index (χ4v) is 7.54. The van der Waals surface area contributed by atoms with Crippen molar-refractivity contribution in [2.45, 2.75) is 75.5 Å². The maximum Gasteiger partial charge on any atom is 0.119 e. The molecular formula is C30H37N3O. The van der Waals surface area contributed by atoms with E-state index in [0.717, 1.165) is 37.0 Å². The van der Waals surface area contributed by atoms with Gasteiger partial charge in [0.05, 0.1) is 11.6 Å². The van der Waals surface area contributed by atoms with Gasteiger partial charge in [-0.15, -0.1) is 0 Å². The molecule has 4 heteroatoms. The van der Waals surface area contributed by atoms with Crippen LogP contribution < -0.4 is 10.1 Å². The molecule has 0 radical (unpaired) electrons. The molecule has 178 valence electrons. The van der Waals surface area contributed by atoms with Gasteiger partial charge in [0.25, 0.3) is 0 Å². The molecule has 2 aliphatic carbocycles. The quantitative estimate of drug-likeness (QED) is 0.655. The van der Waals surface area contributed by atoms with E-state index in [2.05, 4.69) is 40.6 Å². The standard InChI is InChI=1S/C30H37N3O/c31-21-22-9-11-27(12-10-22)34-28-19-26(20-28)33-17-14-25(15-18-33)30(24-6-2-3-7-24)29-8-4-1-5-23(29)13-16-32-30/h1,4-5,8-12,24-26,28,32H,2-3,6-7,13-20H2/t26-,28+,30?. The Morgan fingerprint density at radius 1 is 0.912 bits per heavy atom. The first kappa shape index (κ1) is 22.1. The van der Waals surface area contributed by atoms with Crippen LogP contribution in [0.5, 0.6) is 5.75 Å². The second kappa shape index (κ2) is 9.36. The van der Waals surface area contributed by atoms with Gasteiger partial charge in [0.15, 0.2) is 0 Å². The van der Waals surface area contributed by atoms with Gasteiger partial charge in [-0.1, -0.05) is 37.1 Å². The summed E-state index contributed by atoms with van der Waals surface area (Å²) >= 11 is 0. The Labute approximate surface area is 204 Å². The number of likely N-dealkylation sites (tertiary alicyclic amines) is 1. The highest BCUT2D eigenvalue weighted by Gasteiger charge is 2.50. The number of nitriles is 1. The van der Waals surface area contributed by atoms with E-state index in [1.165, 1.54) is 58.0 Å². The van der Waals surface area contributed by atoms with E-state index in [9.17, 15) is 0 Å². The largest absolute Gasteiger partial charge is 0.490 e. The molecule has 6 rings (SSSR count). The van der Waals surface area contributed by atoms with Crippen molar-refractivity contribution in [2.75, 3.05) is 19.6 Å². The van der Waals surface area contributed by atoms with E-state index >= 15 is 0 Å². The van der Waals surface area contributed by atoms with Gasteiger partial charge in [-0.2, -0.15) is 5.26 Å². The number of rotatable bonds is 5. The number of fused-ring (bicyclic) bond motifs is 1. The van der Waals surface area contributed by atoms with E-state index in [-0.39, 0.29) is 5.54 Å². The molecule has 2 aliphatic heterocycles. The van der Waals surface area contributed by atoms with Crippen molar-refractivity contribution in [1.82, 2.24) is 10.2 Å². The molecule has 4 aliphatic rings. The van der Waals surface area contributed by atoms with Gasteiger partial charge >= 0.3 is 0 Å². The molecular weight excluding hydrogens is 418 g/mol. The van der Waals surface area contributed by atoms with Gasteiger partial charge in [-0.3, -0.25) is 0 Å². The van der Waals surface area contributed by atoms with Crippen molar-refractivity contribution < 1.29 is 4.74 Å². The maximum atomic E-state index is 8.97. The first-order valence-electron chi connectivity index (χ1n) is 13.5. The van der Waals surface area contributed by atoms with Crippen LogP contribution in [0.3, 0.4) is 0 Å². The number of ether oxygens (including phenoxy) is 1. The molecule has 2 heterocycles.